The number of pyridine rings is 1. The van der Waals surface area contributed by atoms with Gasteiger partial charge in [0.05, 0.1) is 6.20 Å². The maximum Gasteiger partial charge on any atom is 0.155 e. The number of H-pyrrole nitrogens is 1. The average Bonchev–Trinajstić information content (AvgIpc) is 3.10. The smallest absolute Gasteiger partial charge is 0.155 e. The SMILES string of the molecule is Clc1ccccc1C1Cc2cnc3[nH]ncc3c2-c2ccccc21. The Hall–Kier alpha value is -2.65. The van der Waals surface area contributed by atoms with E-state index in [4.69, 9.17) is 11.6 Å². The Bertz CT molecular complexity index is 1070. The van der Waals surface area contributed by atoms with E-state index in [0.717, 1.165) is 22.5 Å². The van der Waals surface area contributed by atoms with Crippen molar-refractivity contribution < 1.29 is 0 Å². The summed E-state index contributed by atoms with van der Waals surface area (Å²) in [6.45, 7) is 0. The average molecular weight is 332 g/mol. The number of fused-ring (bicyclic) bond motifs is 5. The quantitative estimate of drug-likeness (QED) is 0.535. The molecular weight excluding hydrogens is 318 g/mol. The Morgan fingerprint density at radius 1 is 0.958 bits per heavy atom. The van der Waals surface area contributed by atoms with Crippen molar-refractivity contribution in [1.29, 1.82) is 0 Å². The third-order valence-corrected chi connectivity index (χ3v) is 5.21. The summed E-state index contributed by atoms with van der Waals surface area (Å²) in [5.41, 5.74) is 7.05. The molecule has 0 aliphatic heterocycles. The Labute approximate surface area is 144 Å². The molecule has 2 aromatic carbocycles. The van der Waals surface area contributed by atoms with E-state index in [1.807, 2.05) is 24.5 Å². The largest absolute Gasteiger partial charge is 0.261 e. The summed E-state index contributed by atoms with van der Waals surface area (Å²) in [6.07, 6.45) is 4.73. The number of aromatic amines is 1. The minimum absolute atomic E-state index is 0.244. The summed E-state index contributed by atoms with van der Waals surface area (Å²) in [6, 6.07) is 16.7. The van der Waals surface area contributed by atoms with Crippen LogP contribution in [0.15, 0.2) is 60.9 Å². The second-order valence-electron chi connectivity index (χ2n) is 6.16. The van der Waals surface area contributed by atoms with E-state index in [-0.39, 0.29) is 5.92 Å². The fourth-order valence-corrected chi connectivity index (χ4v) is 4.07. The molecule has 1 atom stereocenters. The molecule has 116 valence electrons. The normalized spacial score (nSPS) is 16.0. The molecule has 0 amide bonds. The van der Waals surface area contributed by atoms with Gasteiger partial charge in [-0.1, -0.05) is 54.1 Å². The van der Waals surface area contributed by atoms with Crippen LogP contribution in [0, 0.1) is 0 Å². The second kappa shape index (κ2) is 5.18. The zero-order chi connectivity index (χ0) is 16.1. The second-order valence-corrected chi connectivity index (χ2v) is 6.56. The van der Waals surface area contributed by atoms with Gasteiger partial charge in [-0.2, -0.15) is 5.10 Å². The summed E-state index contributed by atoms with van der Waals surface area (Å²) in [7, 11) is 0. The van der Waals surface area contributed by atoms with E-state index in [1.165, 1.54) is 27.8 Å². The number of nitrogens with one attached hydrogen (secondary N) is 1. The summed E-state index contributed by atoms with van der Waals surface area (Å²) in [5.74, 6) is 0.244. The number of rotatable bonds is 1. The van der Waals surface area contributed by atoms with Crippen molar-refractivity contribution in [3.8, 4) is 11.1 Å². The van der Waals surface area contributed by atoms with Crippen molar-refractivity contribution in [2.75, 3.05) is 0 Å². The van der Waals surface area contributed by atoms with Gasteiger partial charge in [0.25, 0.3) is 0 Å². The highest BCUT2D eigenvalue weighted by atomic mass is 35.5. The molecule has 24 heavy (non-hydrogen) atoms. The standard InChI is InChI=1S/C20H14ClN3/c21-18-8-4-3-6-14(18)16-9-12-10-22-20-17(11-23-24-20)19(12)15-7-2-1-5-13(15)16/h1-8,10-11,16H,9H2,(H,22,23,24). The molecule has 2 heterocycles. The number of halogens is 1. The summed E-state index contributed by atoms with van der Waals surface area (Å²) in [4.78, 5) is 4.53. The summed E-state index contributed by atoms with van der Waals surface area (Å²) >= 11 is 6.50. The van der Waals surface area contributed by atoms with Crippen LogP contribution < -0.4 is 0 Å². The Morgan fingerprint density at radius 3 is 2.62 bits per heavy atom. The van der Waals surface area contributed by atoms with Crippen LogP contribution in [0.2, 0.25) is 5.02 Å². The van der Waals surface area contributed by atoms with E-state index in [2.05, 4.69) is 51.6 Å². The molecule has 1 N–H and O–H groups in total. The van der Waals surface area contributed by atoms with Crippen LogP contribution in [0.25, 0.3) is 22.2 Å². The third kappa shape index (κ3) is 1.91. The molecule has 0 radical (unpaired) electrons. The molecule has 3 nitrogen and oxygen atoms in total. The number of hydrogen-bond donors (Lipinski definition) is 1. The predicted octanol–water partition coefficient (Wildman–Crippen LogP) is 4.97. The van der Waals surface area contributed by atoms with Crippen molar-refractivity contribution in [3.63, 3.8) is 0 Å². The molecule has 4 heteroatoms. The fourth-order valence-electron chi connectivity index (χ4n) is 3.81. The van der Waals surface area contributed by atoms with Gasteiger partial charge in [0.1, 0.15) is 0 Å². The lowest BCUT2D eigenvalue weighted by Gasteiger charge is -2.28. The first-order chi connectivity index (χ1) is 11.8. The van der Waals surface area contributed by atoms with Crippen molar-refractivity contribution in [2.45, 2.75) is 12.3 Å². The number of nitrogens with zero attached hydrogens (tertiary/aromatic N) is 2. The van der Waals surface area contributed by atoms with Crippen LogP contribution in [0.4, 0.5) is 0 Å². The third-order valence-electron chi connectivity index (χ3n) is 4.87. The molecule has 4 aromatic rings. The van der Waals surface area contributed by atoms with E-state index in [9.17, 15) is 0 Å². The molecule has 1 aliphatic carbocycles. The van der Waals surface area contributed by atoms with E-state index >= 15 is 0 Å². The van der Waals surface area contributed by atoms with Gasteiger partial charge >= 0.3 is 0 Å². The number of aromatic nitrogens is 3. The molecular formula is C20H14ClN3. The first kappa shape index (κ1) is 13.8. The Morgan fingerprint density at radius 2 is 1.75 bits per heavy atom. The van der Waals surface area contributed by atoms with Gasteiger partial charge in [0.15, 0.2) is 5.65 Å². The molecule has 0 bridgehead atoms. The predicted molar refractivity (Wildman–Crippen MR) is 96.3 cm³/mol. The zero-order valence-electron chi connectivity index (χ0n) is 12.8. The molecule has 1 aliphatic rings. The van der Waals surface area contributed by atoms with Gasteiger partial charge < -0.3 is 0 Å². The maximum absolute atomic E-state index is 6.50. The molecule has 5 rings (SSSR count). The van der Waals surface area contributed by atoms with E-state index in [1.54, 1.807) is 0 Å². The minimum atomic E-state index is 0.244. The first-order valence-corrected chi connectivity index (χ1v) is 8.35. The van der Waals surface area contributed by atoms with E-state index in [0.29, 0.717) is 0 Å². The minimum Gasteiger partial charge on any atom is -0.261 e. The highest BCUT2D eigenvalue weighted by molar-refractivity contribution is 6.31. The number of hydrogen-bond acceptors (Lipinski definition) is 2. The molecule has 0 fully saturated rings. The van der Waals surface area contributed by atoms with Crippen LogP contribution in [0.3, 0.4) is 0 Å². The van der Waals surface area contributed by atoms with Crippen LogP contribution in [0.1, 0.15) is 22.6 Å². The molecule has 0 saturated carbocycles. The van der Waals surface area contributed by atoms with E-state index < -0.39 is 0 Å². The highest BCUT2D eigenvalue weighted by Crippen LogP contribution is 2.45. The van der Waals surface area contributed by atoms with Gasteiger partial charge in [0, 0.05) is 22.5 Å². The Balaban J connectivity index is 1.80. The lowest BCUT2D eigenvalue weighted by atomic mass is 9.75. The van der Waals surface area contributed by atoms with Gasteiger partial charge in [0.2, 0.25) is 0 Å². The first-order valence-electron chi connectivity index (χ1n) is 7.97. The lowest BCUT2D eigenvalue weighted by Crippen LogP contribution is -2.13. The number of benzene rings is 2. The summed E-state index contributed by atoms with van der Waals surface area (Å²) < 4.78 is 0. The van der Waals surface area contributed by atoms with Crippen molar-refractivity contribution >= 4 is 22.6 Å². The van der Waals surface area contributed by atoms with Crippen molar-refractivity contribution in [2.24, 2.45) is 0 Å². The van der Waals surface area contributed by atoms with Gasteiger partial charge in [-0.05, 0) is 40.3 Å². The highest BCUT2D eigenvalue weighted by Gasteiger charge is 2.28. The molecule has 0 spiro atoms. The maximum atomic E-state index is 6.50. The molecule has 1 unspecified atom stereocenters. The topological polar surface area (TPSA) is 41.6 Å². The van der Waals surface area contributed by atoms with Crippen LogP contribution in [0.5, 0.6) is 0 Å². The van der Waals surface area contributed by atoms with Gasteiger partial charge in [-0.3, -0.25) is 5.10 Å². The van der Waals surface area contributed by atoms with Gasteiger partial charge in [-0.15, -0.1) is 0 Å². The summed E-state index contributed by atoms with van der Waals surface area (Å²) in [5, 5.41) is 9.03. The fraction of sp³-hybridized carbons (Fsp3) is 0.100. The van der Waals surface area contributed by atoms with Crippen LogP contribution >= 0.6 is 11.6 Å². The molecule has 0 saturated heterocycles. The monoisotopic (exact) mass is 331 g/mol. The lowest BCUT2D eigenvalue weighted by molar-refractivity contribution is 0.792. The van der Waals surface area contributed by atoms with Gasteiger partial charge in [-0.25, -0.2) is 4.98 Å². The molecule has 2 aromatic heterocycles. The zero-order valence-corrected chi connectivity index (χ0v) is 13.6. The van der Waals surface area contributed by atoms with Crippen LogP contribution in [-0.2, 0) is 6.42 Å². The van der Waals surface area contributed by atoms with Crippen molar-refractivity contribution in [1.82, 2.24) is 15.2 Å². The van der Waals surface area contributed by atoms with Crippen LogP contribution in [-0.4, -0.2) is 15.2 Å². The van der Waals surface area contributed by atoms with Crippen molar-refractivity contribution in [3.05, 3.63) is 82.6 Å². The Kier molecular flexibility index (Phi) is 2.97.